The van der Waals surface area contributed by atoms with E-state index >= 15 is 0 Å². The first-order valence-electron chi connectivity index (χ1n) is 26.2. The highest BCUT2D eigenvalue weighted by molar-refractivity contribution is 7.10. The Morgan fingerprint density at radius 3 is 2.54 bits per heavy atom. The fraction of sp³-hybridized carbons (Fsp3) is 0.582. The zero-order valence-corrected chi connectivity index (χ0v) is 45.8. The number of hydrogen-bond acceptors (Lipinski definition) is 13. The number of aromatic nitrogens is 3. The van der Waals surface area contributed by atoms with Crippen LogP contribution in [-0.2, 0) is 52.8 Å². The first-order chi connectivity index (χ1) is 35.3. The number of pyridine rings is 1. The lowest BCUT2D eigenvalue weighted by atomic mass is 9.84. The quantitative estimate of drug-likeness (QED) is 0.131. The predicted molar refractivity (Wildman–Crippen MR) is 285 cm³/mol. The number of likely N-dealkylation sites (N-methyl/N-ethyl adjacent to an activating group) is 2. The molecular weight excluding hydrogens is 961 g/mol. The van der Waals surface area contributed by atoms with E-state index in [-0.39, 0.29) is 37.0 Å². The number of amides is 5. The van der Waals surface area contributed by atoms with Gasteiger partial charge >= 0.3 is 12.0 Å². The second-order valence-corrected chi connectivity index (χ2v) is 22.7. The van der Waals surface area contributed by atoms with Crippen LogP contribution in [0.3, 0.4) is 0 Å². The van der Waals surface area contributed by atoms with Crippen LogP contribution in [0, 0.1) is 11.3 Å². The molecule has 1 aromatic carbocycles. The molecule has 0 unspecified atom stereocenters. The number of piperidine rings is 1. The van der Waals surface area contributed by atoms with Crippen LogP contribution in [0.1, 0.15) is 89.6 Å². The molecule has 4 aliphatic rings. The van der Waals surface area contributed by atoms with Crippen molar-refractivity contribution in [3.8, 4) is 22.5 Å². The number of benzene rings is 1. The number of fused-ring (bicyclic) bond motifs is 6. The van der Waals surface area contributed by atoms with E-state index in [2.05, 4.69) is 60.3 Å². The number of cyclic esters (lactones) is 1. The lowest BCUT2D eigenvalue weighted by Gasteiger charge is -2.47. The SMILES string of the molecule is CCn1c(-c2cccnc2[C@H](C)OC)c2c3cc(ccc31)-c1csc(n1)C[C@H](NC(=O)[C@H](C(C)C)N(C)C(=O)N1CCC3(CC1)CN(C(=O)/C=C/CN(C)C)CCO3)C(=O)N1CCC[C@H](N1)C(=O)OCC(C)(C)C2. The van der Waals surface area contributed by atoms with E-state index in [1.165, 1.54) is 21.2 Å². The second kappa shape index (κ2) is 23.0. The van der Waals surface area contributed by atoms with Gasteiger partial charge in [0.2, 0.25) is 11.8 Å². The monoisotopic (exact) mass is 1040 g/mol. The van der Waals surface area contributed by atoms with Crippen molar-refractivity contribution in [2.45, 2.75) is 116 Å². The Balaban J connectivity index is 1.06. The summed E-state index contributed by atoms with van der Waals surface area (Å²) in [6.07, 6.45) is 7.74. The smallest absolute Gasteiger partial charge is 0.324 e. The summed E-state index contributed by atoms with van der Waals surface area (Å²) in [6.45, 7) is 16.0. The summed E-state index contributed by atoms with van der Waals surface area (Å²) in [6, 6.07) is 7.31. The van der Waals surface area contributed by atoms with Gasteiger partial charge in [-0.2, -0.15) is 0 Å². The van der Waals surface area contributed by atoms with Crippen molar-refractivity contribution in [3.05, 3.63) is 70.3 Å². The number of esters is 1. The molecule has 0 saturated carbocycles. The first kappa shape index (κ1) is 54.5. The van der Waals surface area contributed by atoms with E-state index < -0.39 is 46.9 Å². The van der Waals surface area contributed by atoms with Gasteiger partial charge in [0, 0.05) is 105 Å². The molecule has 1 spiro atoms. The molecule has 3 fully saturated rings. The van der Waals surface area contributed by atoms with Crippen molar-refractivity contribution in [1.29, 1.82) is 0 Å². The highest BCUT2D eigenvalue weighted by Gasteiger charge is 2.44. The zero-order chi connectivity index (χ0) is 53.1. The predicted octanol–water partition coefficient (Wildman–Crippen LogP) is 6.09. The van der Waals surface area contributed by atoms with Crippen LogP contribution in [-0.4, -0.2) is 173 Å². The maximum atomic E-state index is 14.8. The zero-order valence-electron chi connectivity index (χ0n) is 44.9. The van der Waals surface area contributed by atoms with Crippen LogP contribution in [0.5, 0.6) is 0 Å². The molecule has 0 aliphatic carbocycles. The van der Waals surface area contributed by atoms with Gasteiger partial charge in [-0.25, -0.2) is 15.2 Å². The molecule has 6 bridgehead atoms. The Bertz CT molecular complexity index is 2720. The van der Waals surface area contributed by atoms with Gasteiger partial charge in [0.25, 0.3) is 5.91 Å². The molecule has 4 atom stereocenters. The number of hydrogen-bond donors (Lipinski definition) is 2. The number of ether oxygens (including phenoxy) is 3. The first-order valence-corrected chi connectivity index (χ1v) is 27.1. The fourth-order valence-corrected chi connectivity index (χ4v) is 11.9. The summed E-state index contributed by atoms with van der Waals surface area (Å²) in [4.78, 5) is 87.8. The summed E-state index contributed by atoms with van der Waals surface area (Å²) >= 11 is 1.41. The average Bonchev–Trinajstić information content (AvgIpc) is 3.98. The summed E-state index contributed by atoms with van der Waals surface area (Å²) in [7, 11) is 7.22. The number of nitrogens with zero attached hydrogens (tertiary/aromatic N) is 8. The lowest BCUT2D eigenvalue weighted by Crippen LogP contribution is -2.63. The molecule has 4 aliphatic heterocycles. The number of aryl methyl sites for hydroxylation is 1. The van der Waals surface area contributed by atoms with Crippen LogP contribution < -0.4 is 10.7 Å². The van der Waals surface area contributed by atoms with Gasteiger partial charge in [-0.3, -0.25) is 29.2 Å². The minimum absolute atomic E-state index is 0.0503. The summed E-state index contributed by atoms with van der Waals surface area (Å²) in [5.41, 5.74) is 8.72. The maximum Gasteiger partial charge on any atom is 0.324 e. The van der Waals surface area contributed by atoms with Crippen LogP contribution in [0.15, 0.2) is 54.1 Å². The molecule has 3 aromatic heterocycles. The molecule has 0 radical (unpaired) electrons. The van der Waals surface area contributed by atoms with E-state index in [1.54, 1.807) is 31.3 Å². The highest BCUT2D eigenvalue weighted by Crippen LogP contribution is 2.42. The van der Waals surface area contributed by atoms with Crippen LogP contribution in [0.4, 0.5) is 4.79 Å². The van der Waals surface area contributed by atoms with Crippen molar-refractivity contribution < 1.29 is 38.2 Å². The minimum Gasteiger partial charge on any atom is -0.464 e. The lowest BCUT2D eigenvalue weighted by molar-refractivity contribution is -0.155. The molecule has 5 amide bonds. The number of nitrogens with one attached hydrogen (secondary N) is 2. The Kier molecular flexibility index (Phi) is 17.0. The van der Waals surface area contributed by atoms with E-state index in [0.29, 0.717) is 89.5 Å². The number of rotatable bonds is 11. The van der Waals surface area contributed by atoms with E-state index in [4.69, 9.17) is 24.2 Å². The molecule has 18 nitrogen and oxygen atoms in total. The number of likely N-dealkylation sites (tertiary alicyclic amines) is 1. The fourth-order valence-electron chi connectivity index (χ4n) is 11.0. The van der Waals surface area contributed by atoms with Crippen molar-refractivity contribution in [3.63, 3.8) is 0 Å². The number of carbonyl (C=O) groups is 5. The van der Waals surface area contributed by atoms with Gasteiger partial charge in [0.05, 0.1) is 53.6 Å². The molecule has 400 valence electrons. The highest BCUT2D eigenvalue weighted by atomic mass is 32.1. The van der Waals surface area contributed by atoms with Gasteiger partial charge in [0.15, 0.2) is 0 Å². The molecule has 3 saturated heterocycles. The molecule has 74 heavy (non-hydrogen) atoms. The van der Waals surface area contributed by atoms with Crippen LogP contribution >= 0.6 is 11.3 Å². The Morgan fingerprint density at radius 1 is 1.05 bits per heavy atom. The second-order valence-electron chi connectivity index (χ2n) is 21.8. The number of thiazole rings is 1. The van der Waals surface area contributed by atoms with Gasteiger partial charge in [-0.05, 0) is 95.8 Å². The number of carbonyl (C=O) groups excluding carboxylic acids is 5. The molecule has 7 heterocycles. The third kappa shape index (κ3) is 11.9. The Labute approximate surface area is 439 Å². The third-order valence-corrected chi connectivity index (χ3v) is 15.9. The van der Waals surface area contributed by atoms with Gasteiger partial charge in [0.1, 0.15) is 18.1 Å². The number of urea groups is 1. The molecule has 2 N–H and O–H groups in total. The van der Waals surface area contributed by atoms with E-state index in [1.807, 2.05) is 62.2 Å². The topological polar surface area (TPSA) is 184 Å². The van der Waals surface area contributed by atoms with Crippen molar-refractivity contribution in [2.24, 2.45) is 11.3 Å². The number of methoxy groups -OCH3 is 1. The number of morpholine rings is 1. The number of hydrazine groups is 1. The standard InChI is InChI=1S/C55H76N10O8S/c1-11-64-44-19-18-37-29-39(44)40(49(64)38-15-12-22-56-47(38)36(4)71-10)31-54(5,6)34-72-52(69)41-16-13-24-65(59-41)51(68)42(30-45-57-43(37)32-74-45)58-50(67)48(35(2)3)61(9)53(70)62-25-20-55(21-26-62)33-63(27-28-73-55)46(66)17-14-23-60(7)8/h12,14-15,17-19,22,29,32,35-36,41-42,48,59H,11,13,16,20-21,23-28,30-31,33-34H2,1-10H3,(H,58,67)/b17-14+/t36-,41-,42-,48-/m0/s1. The normalized spacial score (nSPS) is 21.3. The Morgan fingerprint density at radius 2 is 1.82 bits per heavy atom. The molecule has 4 aromatic rings. The maximum absolute atomic E-state index is 14.8. The average molecular weight is 1040 g/mol. The molecular formula is C55H76N10O8S. The Hall–Kier alpha value is -5.73. The van der Waals surface area contributed by atoms with Crippen molar-refractivity contribution in [2.75, 3.05) is 80.7 Å². The van der Waals surface area contributed by atoms with Gasteiger partial charge in [-0.15, -0.1) is 11.3 Å². The summed E-state index contributed by atoms with van der Waals surface area (Å²) in [5.74, 6) is -1.73. The van der Waals surface area contributed by atoms with Crippen molar-refractivity contribution >= 4 is 52.0 Å². The largest absolute Gasteiger partial charge is 0.464 e. The summed E-state index contributed by atoms with van der Waals surface area (Å²) in [5, 5.41) is 8.17. The van der Waals surface area contributed by atoms with Crippen LogP contribution in [0.25, 0.3) is 33.4 Å². The van der Waals surface area contributed by atoms with E-state index in [9.17, 15) is 24.0 Å². The third-order valence-electron chi connectivity index (χ3n) is 15.0. The van der Waals surface area contributed by atoms with Gasteiger partial charge < -0.3 is 43.7 Å². The molecule has 19 heteroatoms. The van der Waals surface area contributed by atoms with Crippen LogP contribution in [0.2, 0.25) is 0 Å². The minimum atomic E-state index is -1.09. The summed E-state index contributed by atoms with van der Waals surface area (Å²) < 4.78 is 20.6. The van der Waals surface area contributed by atoms with E-state index in [0.717, 1.165) is 44.7 Å². The van der Waals surface area contributed by atoms with Gasteiger partial charge in [-0.1, -0.05) is 39.8 Å². The molecule has 8 rings (SSSR count). The van der Waals surface area contributed by atoms with Crippen molar-refractivity contribution in [1.82, 2.24) is 49.9 Å².